The molecule has 1 aromatic carbocycles. The second-order valence-corrected chi connectivity index (χ2v) is 7.38. The number of rotatable bonds is 2. The van der Waals surface area contributed by atoms with Gasteiger partial charge in [-0.25, -0.2) is 0 Å². The van der Waals surface area contributed by atoms with Crippen molar-refractivity contribution in [1.82, 2.24) is 0 Å². The molecule has 1 nitrogen and oxygen atoms in total. The van der Waals surface area contributed by atoms with E-state index in [1.807, 2.05) is 30.3 Å². The fraction of sp³-hybridized carbons (Fsp3) is 0.0909. The summed E-state index contributed by atoms with van der Waals surface area (Å²) in [6.45, 7) is 0. The van der Waals surface area contributed by atoms with Crippen molar-refractivity contribution in [3.05, 3.63) is 53.2 Å². The van der Waals surface area contributed by atoms with Crippen LogP contribution >= 0.6 is 61.5 Å². The summed E-state index contributed by atoms with van der Waals surface area (Å²) in [7, 11) is 0. The van der Waals surface area contributed by atoms with Crippen molar-refractivity contribution in [2.45, 2.75) is 6.04 Å². The van der Waals surface area contributed by atoms with Gasteiger partial charge in [-0.15, -0.1) is 11.3 Å². The van der Waals surface area contributed by atoms with Gasteiger partial charge in [0.25, 0.3) is 0 Å². The minimum absolute atomic E-state index is 0.109. The van der Waals surface area contributed by atoms with Crippen molar-refractivity contribution in [3.63, 3.8) is 0 Å². The lowest BCUT2D eigenvalue weighted by molar-refractivity contribution is 0.887. The number of thiophene rings is 1. The maximum Gasteiger partial charge on any atom is 0.0702 e. The third-order valence-electron chi connectivity index (χ3n) is 2.19. The van der Waals surface area contributed by atoms with Crippen LogP contribution in [0.4, 0.5) is 0 Å². The average Bonchev–Trinajstić information content (AvgIpc) is 2.67. The lowest BCUT2D eigenvalue weighted by Crippen LogP contribution is -2.11. The van der Waals surface area contributed by atoms with E-state index in [2.05, 4.69) is 38.5 Å². The topological polar surface area (TPSA) is 26.0 Å². The molecule has 2 aromatic rings. The monoisotopic (exact) mass is 427 g/mol. The van der Waals surface area contributed by atoms with E-state index in [1.165, 1.54) is 0 Å². The summed E-state index contributed by atoms with van der Waals surface area (Å²) in [6, 6.07) is 9.74. The zero-order valence-electron chi connectivity index (χ0n) is 8.08. The third-order valence-corrected chi connectivity index (χ3v) is 5.12. The van der Waals surface area contributed by atoms with Crippen molar-refractivity contribution >= 4 is 61.5 Å². The summed E-state index contributed by atoms with van der Waals surface area (Å²) in [5.74, 6) is 0. The van der Waals surface area contributed by atoms with Gasteiger partial charge in [-0.3, -0.25) is 0 Å². The second-order valence-electron chi connectivity index (χ2n) is 3.29. The molecule has 1 aromatic heterocycles. The SMILES string of the molecule is NC(c1ccc(Br)s1)c1cc(Cl)ccc1I. The molecule has 0 fully saturated rings. The Labute approximate surface area is 125 Å². The van der Waals surface area contributed by atoms with E-state index in [4.69, 9.17) is 17.3 Å². The average molecular weight is 429 g/mol. The minimum Gasteiger partial charge on any atom is -0.320 e. The molecule has 0 saturated heterocycles. The summed E-state index contributed by atoms with van der Waals surface area (Å²) in [4.78, 5) is 1.13. The van der Waals surface area contributed by atoms with E-state index in [9.17, 15) is 0 Å². The lowest BCUT2D eigenvalue weighted by atomic mass is 10.1. The lowest BCUT2D eigenvalue weighted by Gasteiger charge is -2.12. The molecule has 0 spiro atoms. The number of nitrogens with two attached hydrogens (primary N) is 1. The molecule has 1 heterocycles. The maximum absolute atomic E-state index is 6.23. The summed E-state index contributed by atoms with van der Waals surface area (Å²) in [5.41, 5.74) is 7.30. The first-order chi connectivity index (χ1) is 7.58. The predicted molar refractivity (Wildman–Crippen MR) is 82.2 cm³/mol. The van der Waals surface area contributed by atoms with Crippen LogP contribution in [-0.2, 0) is 0 Å². The van der Waals surface area contributed by atoms with Crippen LogP contribution in [-0.4, -0.2) is 0 Å². The molecule has 0 radical (unpaired) electrons. The fourth-order valence-corrected chi connectivity index (χ4v) is 3.70. The number of hydrogen-bond acceptors (Lipinski definition) is 2. The van der Waals surface area contributed by atoms with Gasteiger partial charge in [-0.2, -0.15) is 0 Å². The Hall–Kier alpha value is 0.380. The van der Waals surface area contributed by atoms with Crippen LogP contribution in [0.25, 0.3) is 0 Å². The molecule has 2 rings (SSSR count). The van der Waals surface area contributed by atoms with Crippen LogP contribution < -0.4 is 5.73 Å². The quantitative estimate of drug-likeness (QED) is 0.682. The largest absolute Gasteiger partial charge is 0.320 e. The molecule has 0 aliphatic carbocycles. The van der Waals surface area contributed by atoms with E-state index < -0.39 is 0 Å². The van der Waals surface area contributed by atoms with Crippen LogP contribution in [0.2, 0.25) is 5.02 Å². The summed E-state index contributed by atoms with van der Waals surface area (Å²) in [5, 5.41) is 0.724. The molecule has 0 bridgehead atoms. The van der Waals surface area contributed by atoms with E-state index >= 15 is 0 Å². The Morgan fingerprint density at radius 3 is 2.69 bits per heavy atom. The molecule has 0 saturated carbocycles. The first-order valence-corrected chi connectivity index (χ1v) is 7.60. The summed E-state index contributed by atoms with van der Waals surface area (Å²) >= 11 is 13.4. The van der Waals surface area contributed by atoms with Gasteiger partial charge in [-0.05, 0) is 74.4 Å². The first kappa shape index (κ1) is 12.8. The normalized spacial score (nSPS) is 12.8. The zero-order chi connectivity index (χ0) is 11.7. The van der Waals surface area contributed by atoms with Crippen molar-refractivity contribution in [2.24, 2.45) is 5.73 Å². The Morgan fingerprint density at radius 2 is 2.06 bits per heavy atom. The van der Waals surface area contributed by atoms with Gasteiger partial charge in [0.1, 0.15) is 0 Å². The predicted octanol–water partition coefficient (Wildman–Crippen LogP) is 4.82. The molecule has 0 amide bonds. The van der Waals surface area contributed by atoms with Gasteiger partial charge in [0.15, 0.2) is 0 Å². The Bertz CT molecular complexity index is 514. The highest BCUT2D eigenvalue weighted by Gasteiger charge is 2.14. The van der Waals surface area contributed by atoms with Crippen LogP contribution in [0.3, 0.4) is 0 Å². The maximum atomic E-state index is 6.23. The van der Waals surface area contributed by atoms with Crippen LogP contribution in [0.1, 0.15) is 16.5 Å². The molecule has 1 unspecified atom stereocenters. The molecule has 0 aliphatic rings. The smallest absolute Gasteiger partial charge is 0.0702 e. The van der Waals surface area contributed by atoms with Gasteiger partial charge in [0.2, 0.25) is 0 Å². The molecule has 0 aliphatic heterocycles. The van der Waals surface area contributed by atoms with E-state index in [1.54, 1.807) is 11.3 Å². The Morgan fingerprint density at radius 1 is 1.31 bits per heavy atom. The van der Waals surface area contributed by atoms with Crippen molar-refractivity contribution in [2.75, 3.05) is 0 Å². The van der Waals surface area contributed by atoms with E-state index in [0.717, 1.165) is 22.8 Å². The van der Waals surface area contributed by atoms with Crippen LogP contribution in [0.5, 0.6) is 0 Å². The van der Waals surface area contributed by atoms with Gasteiger partial charge >= 0.3 is 0 Å². The molecule has 84 valence electrons. The molecule has 2 N–H and O–H groups in total. The number of benzene rings is 1. The van der Waals surface area contributed by atoms with Crippen molar-refractivity contribution < 1.29 is 0 Å². The fourth-order valence-electron chi connectivity index (χ4n) is 1.40. The van der Waals surface area contributed by atoms with Crippen molar-refractivity contribution in [3.8, 4) is 0 Å². The molecular formula is C11H8BrClINS. The summed E-state index contributed by atoms with van der Waals surface area (Å²) < 4.78 is 2.23. The van der Waals surface area contributed by atoms with Gasteiger partial charge in [0.05, 0.1) is 9.83 Å². The molecule has 5 heteroatoms. The van der Waals surface area contributed by atoms with Crippen LogP contribution in [0, 0.1) is 3.57 Å². The highest BCUT2D eigenvalue weighted by Crippen LogP contribution is 2.32. The van der Waals surface area contributed by atoms with E-state index in [-0.39, 0.29) is 6.04 Å². The molecule has 1 atom stereocenters. The summed E-state index contributed by atoms with van der Waals surface area (Å²) in [6.07, 6.45) is 0. The molecule has 16 heavy (non-hydrogen) atoms. The van der Waals surface area contributed by atoms with E-state index in [0.29, 0.717) is 0 Å². The highest BCUT2D eigenvalue weighted by atomic mass is 127. The first-order valence-electron chi connectivity index (χ1n) is 4.53. The van der Waals surface area contributed by atoms with Crippen molar-refractivity contribution in [1.29, 1.82) is 0 Å². The standard InChI is InChI=1S/C11H8BrClINS/c12-10-4-3-9(16-10)11(15)7-5-6(13)1-2-8(7)14/h1-5,11H,15H2. The minimum atomic E-state index is -0.109. The highest BCUT2D eigenvalue weighted by molar-refractivity contribution is 14.1. The Kier molecular flexibility index (Phi) is 4.29. The second kappa shape index (κ2) is 5.35. The number of hydrogen-bond donors (Lipinski definition) is 1. The van der Waals surface area contributed by atoms with Gasteiger partial charge < -0.3 is 5.73 Å². The number of halogens is 3. The zero-order valence-corrected chi connectivity index (χ0v) is 13.4. The van der Waals surface area contributed by atoms with Gasteiger partial charge in [-0.1, -0.05) is 11.6 Å². The van der Waals surface area contributed by atoms with Gasteiger partial charge in [0, 0.05) is 13.5 Å². The van der Waals surface area contributed by atoms with Crippen LogP contribution in [0.15, 0.2) is 34.1 Å². The third kappa shape index (κ3) is 2.79. The Balaban J connectivity index is 2.40. The molecular weight excluding hydrogens is 420 g/mol.